The number of ether oxygens (including phenoxy) is 1. The summed E-state index contributed by atoms with van der Waals surface area (Å²) in [5.41, 5.74) is 0. The molecule has 0 saturated heterocycles. The molecular formula is C5H6BrNO2. The summed E-state index contributed by atoms with van der Waals surface area (Å²) in [5.74, 6) is -0.528. The highest BCUT2D eigenvalue weighted by Gasteiger charge is 2.13. The fraction of sp³-hybridized carbons (Fsp3) is 0.600. The number of hydrogen-bond acceptors (Lipinski definition) is 3. The molecule has 0 rings (SSSR count). The molecular weight excluding hydrogens is 186 g/mol. The number of halogens is 1. The van der Waals surface area contributed by atoms with E-state index in [4.69, 9.17) is 5.26 Å². The highest BCUT2D eigenvalue weighted by atomic mass is 79.9. The first kappa shape index (κ1) is 8.44. The second kappa shape index (κ2) is 4.33. The molecule has 1 atom stereocenters. The molecule has 0 aromatic carbocycles. The first-order valence-electron chi connectivity index (χ1n) is 2.42. The number of rotatable bonds is 2. The number of esters is 1. The van der Waals surface area contributed by atoms with Gasteiger partial charge in [-0.15, -0.1) is 0 Å². The summed E-state index contributed by atoms with van der Waals surface area (Å²) in [4.78, 5) is 9.66. The van der Waals surface area contributed by atoms with E-state index in [1.165, 1.54) is 0 Å². The minimum absolute atomic E-state index is 0.308. The molecule has 0 aliphatic carbocycles. The lowest BCUT2D eigenvalue weighted by Gasteiger charge is -1.98. The maximum atomic E-state index is 10.5. The predicted octanol–water partition coefficient (Wildman–Crippen LogP) is 0.837. The summed E-state index contributed by atoms with van der Waals surface area (Å²) in [6, 6.07) is 1.69. The van der Waals surface area contributed by atoms with Crippen molar-refractivity contribution in [3.05, 3.63) is 0 Å². The van der Waals surface area contributed by atoms with Gasteiger partial charge in [-0.3, -0.25) is 0 Å². The molecule has 0 saturated carbocycles. The number of alkyl halides is 1. The lowest BCUT2D eigenvalue weighted by atomic mass is 10.5. The molecule has 0 aliphatic rings. The van der Waals surface area contributed by atoms with Crippen molar-refractivity contribution in [2.24, 2.45) is 0 Å². The first-order valence-corrected chi connectivity index (χ1v) is 3.34. The standard InChI is InChI=1S/C5H6BrNO2/c1-2-9-5(8)4(6)3-7/h4H,2H2,1H3. The highest BCUT2D eigenvalue weighted by Crippen LogP contribution is 1.98. The van der Waals surface area contributed by atoms with Gasteiger partial charge in [-0.25, -0.2) is 4.79 Å². The van der Waals surface area contributed by atoms with E-state index in [0.29, 0.717) is 6.61 Å². The summed E-state index contributed by atoms with van der Waals surface area (Å²) in [6.07, 6.45) is 0. The molecule has 0 heterocycles. The summed E-state index contributed by atoms with van der Waals surface area (Å²) in [5, 5.41) is 8.13. The van der Waals surface area contributed by atoms with Crippen molar-refractivity contribution < 1.29 is 9.53 Å². The molecule has 50 valence electrons. The van der Waals surface area contributed by atoms with Gasteiger partial charge in [0.1, 0.15) is 0 Å². The van der Waals surface area contributed by atoms with Crippen LogP contribution in [0.5, 0.6) is 0 Å². The Balaban J connectivity index is 3.63. The Hall–Kier alpha value is -0.560. The van der Waals surface area contributed by atoms with Crippen LogP contribution in [0.1, 0.15) is 6.92 Å². The van der Waals surface area contributed by atoms with Gasteiger partial charge < -0.3 is 4.74 Å². The van der Waals surface area contributed by atoms with E-state index >= 15 is 0 Å². The topological polar surface area (TPSA) is 50.1 Å². The van der Waals surface area contributed by atoms with E-state index < -0.39 is 10.8 Å². The Morgan fingerprint density at radius 1 is 2.00 bits per heavy atom. The Morgan fingerprint density at radius 2 is 2.56 bits per heavy atom. The van der Waals surface area contributed by atoms with Crippen LogP contribution in [0, 0.1) is 11.3 Å². The zero-order valence-corrected chi connectivity index (χ0v) is 6.51. The van der Waals surface area contributed by atoms with Gasteiger partial charge in [0.25, 0.3) is 0 Å². The lowest BCUT2D eigenvalue weighted by molar-refractivity contribution is -0.141. The molecule has 9 heavy (non-hydrogen) atoms. The number of hydrogen-bond donors (Lipinski definition) is 0. The van der Waals surface area contributed by atoms with Crippen LogP contribution in [0.25, 0.3) is 0 Å². The lowest BCUT2D eigenvalue weighted by Crippen LogP contribution is -2.14. The maximum absolute atomic E-state index is 10.5. The van der Waals surface area contributed by atoms with E-state index in [1.54, 1.807) is 13.0 Å². The average molecular weight is 192 g/mol. The van der Waals surface area contributed by atoms with Crippen LogP contribution in [0.15, 0.2) is 0 Å². The molecule has 3 nitrogen and oxygen atoms in total. The molecule has 0 fully saturated rings. The van der Waals surface area contributed by atoms with Gasteiger partial charge in [-0.2, -0.15) is 5.26 Å². The van der Waals surface area contributed by atoms with Crippen LogP contribution in [0.3, 0.4) is 0 Å². The highest BCUT2D eigenvalue weighted by molar-refractivity contribution is 9.10. The number of nitrogens with zero attached hydrogens (tertiary/aromatic N) is 1. The minimum Gasteiger partial charge on any atom is -0.464 e. The van der Waals surface area contributed by atoms with E-state index in [1.807, 2.05) is 0 Å². The second-order valence-electron chi connectivity index (χ2n) is 1.24. The molecule has 0 spiro atoms. The molecule has 4 heteroatoms. The Bertz CT molecular complexity index is 140. The molecule has 0 radical (unpaired) electrons. The normalized spacial score (nSPS) is 11.7. The Labute approximate surface area is 61.7 Å². The minimum atomic E-state index is -0.822. The summed E-state index contributed by atoms with van der Waals surface area (Å²) >= 11 is 2.81. The van der Waals surface area contributed by atoms with Crippen LogP contribution in [-0.4, -0.2) is 17.4 Å². The Kier molecular flexibility index (Phi) is 4.06. The molecule has 0 aromatic heterocycles. The van der Waals surface area contributed by atoms with Crippen molar-refractivity contribution in [2.75, 3.05) is 6.61 Å². The molecule has 0 aliphatic heterocycles. The van der Waals surface area contributed by atoms with Crippen LogP contribution in [0.4, 0.5) is 0 Å². The summed E-state index contributed by atoms with van der Waals surface area (Å²) in [7, 11) is 0. The molecule has 0 amide bonds. The van der Waals surface area contributed by atoms with E-state index in [-0.39, 0.29) is 0 Å². The van der Waals surface area contributed by atoms with Gasteiger partial charge in [-0.05, 0) is 6.92 Å². The Morgan fingerprint density at radius 3 is 2.89 bits per heavy atom. The smallest absolute Gasteiger partial charge is 0.334 e. The van der Waals surface area contributed by atoms with Gasteiger partial charge in [0, 0.05) is 0 Å². The number of carbonyl (C=O) groups is 1. The van der Waals surface area contributed by atoms with Crippen LogP contribution < -0.4 is 0 Å². The number of carbonyl (C=O) groups excluding carboxylic acids is 1. The largest absolute Gasteiger partial charge is 0.464 e. The van der Waals surface area contributed by atoms with Crippen molar-refractivity contribution in [1.29, 1.82) is 5.26 Å². The first-order chi connectivity index (χ1) is 4.22. The van der Waals surface area contributed by atoms with Crippen LogP contribution >= 0.6 is 15.9 Å². The molecule has 0 aromatic rings. The van der Waals surface area contributed by atoms with E-state index in [0.717, 1.165) is 0 Å². The average Bonchev–Trinajstić information content (AvgIpc) is 1.87. The zero-order chi connectivity index (χ0) is 7.28. The summed E-state index contributed by atoms with van der Waals surface area (Å²) < 4.78 is 4.49. The van der Waals surface area contributed by atoms with Crippen LogP contribution in [0.2, 0.25) is 0 Å². The van der Waals surface area contributed by atoms with Crippen molar-refractivity contribution in [1.82, 2.24) is 0 Å². The van der Waals surface area contributed by atoms with Crippen molar-refractivity contribution >= 4 is 21.9 Å². The van der Waals surface area contributed by atoms with Gasteiger partial charge >= 0.3 is 5.97 Å². The van der Waals surface area contributed by atoms with Crippen molar-refractivity contribution in [3.63, 3.8) is 0 Å². The van der Waals surface area contributed by atoms with E-state index in [9.17, 15) is 4.79 Å². The zero-order valence-electron chi connectivity index (χ0n) is 4.93. The molecule has 0 N–H and O–H groups in total. The third-order valence-electron chi connectivity index (χ3n) is 0.607. The predicted molar refractivity (Wildman–Crippen MR) is 35.0 cm³/mol. The van der Waals surface area contributed by atoms with Gasteiger partial charge in [0.15, 0.2) is 4.83 Å². The fourth-order valence-electron chi connectivity index (χ4n) is 0.268. The van der Waals surface area contributed by atoms with Gasteiger partial charge in [-0.1, -0.05) is 15.9 Å². The van der Waals surface area contributed by atoms with E-state index in [2.05, 4.69) is 20.7 Å². The molecule has 1 unspecified atom stereocenters. The van der Waals surface area contributed by atoms with Crippen LogP contribution in [-0.2, 0) is 9.53 Å². The fourth-order valence-corrected chi connectivity index (χ4v) is 0.400. The maximum Gasteiger partial charge on any atom is 0.334 e. The monoisotopic (exact) mass is 191 g/mol. The third kappa shape index (κ3) is 3.09. The SMILES string of the molecule is CCOC(=O)C(Br)C#N. The van der Waals surface area contributed by atoms with Gasteiger partial charge in [0.2, 0.25) is 0 Å². The second-order valence-corrected chi connectivity index (χ2v) is 2.16. The van der Waals surface area contributed by atoms with Crippen molar-refractivity contribution in [2.45, 2.75) is 11.8 Å². The van der Waals surface area contributed by atoms with Gasteiger partial charge in [0.05, 0.1) is 12.7 Å². The van der Waals surface area contributed by atoms with Crippen molar-refractivity contribution in [3.8, 4) is 6.07 Å². The number of nitriles is 1. The molecule has 0 bridgehead atoms. The third-order valence-corrected chi connectivity index (χ3v) is 1.19. The summed E-state index contributed by atoms with van der Waals surface area (Å²) in [6.45, 7) is 2.00. The quantitative estimate of drug-likeness (QED) is 0.481.